The molecule has 1 N–H and O–H groups in total. The molecule has 0 heterocycles. The Morgan fingerprint density at radius 1 is 1.29 bits per heavy atom. The van der Waals surface area contributed by atoms with Crippen molar-refractivity contribution in [2.45, 2.75) is 45.3 Å². The fraction of sp³-hybridized carbons (Fsp3) is 0.333. The quantitative estimate of drug-likeness (QED) is 0.281. The van der Waals surface area contributed by atoms with Gasteiger partial charge in [0, 0.05) is 6.04 Å². The van der Waals surface area contributed by atoms with Crippen molar-refractivity contribution in [1.29, 1.82) is 5.26 Å². The van der Waals surface area contributed by atoms with Crippen molar-refractivity contribution in [3.8, 4) is 17.6 Å². The van der Waals surface area contributed by atoms with Crippen molar-refractivity contribution in [2.75, 3.05) is 6.61 Å². The number of nitrogens with zero attached hydrogens (tertiary/aromatic N) is 1. The van der Waals surface area contributed by atoms with Gasteiger partial charge in [-0.15, -0.1) is 0 Å². The summed E-state index contributed by atoms with van der Waals surface area (Å²) < 4.78 is 25.8. The molecule has 1 aliphatic carbocycles. The first-order valence-corrected chi connectivity index (χ1v) is 11.3. The lowest BCUT2D eigenvalue weighted by Crippen LogP contribution is -2.33. The standard InChI is InChI=1S/C24H24FIN2O3/c1-2-30-22-13-17(10-18(14-27)24(29)28-20-8-3-4-9-20)12-21(26)23(22)31-15-16-6-5-7-19(25)11-16/h5-7,10-13,20H,2-4,8-9,15H2,1H3,(H,28,29)/b18-10-. The number of halogens is 2. The van der Waals surface area contributed by atoms with Gasteiger partial charge in [0.1, 0.15) is 24.1 Å². The number of benzene rings is 2. The van der Waals surface area contributed by atoms with Gasteiger partial charge in [-0.25, -0.2) is 4.39 Å². The molecule has 5 nitrogen and oxygen atoms in total. The first kappa shape index (κ1) is 23.1. The molecule has 162 valence electrons. The summed E-state index contributed by atoms with van der Waals surface area (Å²) in [5, 5.41) is 12.4. The van der Waals surface area contributed by atoms with Gasteiger partial charge in [0.05, 0.1) is 10.2 Å². The average molecular weight is 534 g/mol. The van der Waals surface area contributed by atoms with Crippen LogP contribution in [0.3, 0.4) is 0 Å². The van der Waals surface area contributed by atoms with Crippen LogP contribution in [0.2, 0.25) is 0 Å². The molecule has 0 saturated heterocycles. The number of hydrogen-bond acceptors (Lipinski definition) is 4. The second kappa shape index (κ2) is 11.1. The van der Waals surface area contributed by atoms with E-state index in [-0.39, 0.29) is 29.9 Å². The maximum absolute atomic E-state index is 13.4. The van der Waals surface area contributed by atoms with E-state index >= 15 is 0 Å². The van der Waals surface area contributed by atoms with Crippen LogP contribution in [-0.2, 0) is 11.4 Å². The molecule has 1 aliphatic rings. The van der Waals surface area contributed by atoms with E-state index in [1.807, 2.05) is 19.1 Å². The topological polar surface area (TPSA) is 71.3 Å². The van der Waals surface area contributed by atoms with E-state index in [9.17, 15) is 14.4 Å². The molecule has 1 amide bonds. The molecular formula is C24H24FIN2O3. The van der Waals surface area contributed by atoms with Gasteiger partial charge in [0.2, 0.25) is 0 Å². The average Bonchev–Trinajstić information content (AvgIpc) is 3.24. The molecule has 7 heteroatoms. The number of nitriles is 1. The highest BCUT2D eigenvalue weighted by Gasteiger charge is 2.20. The molecule has 0 atom stereocenters. The van der Waals surface area contributed by atoms with Crippen molar-refractivity contribution >= 4 is 34.6 Å². The summed E-state index contributed by atoms with van der Waals surface area (Å²) in [4.78, 5) is 12.5. The summed E-state index contributed by atoms with van der Waals surface area (Å²) >= 11 is 2.13. The van der Waals surface area contributed by atoms with E-state index in [1.165, 1.54) is 12.1 Å². The van der Waals surface area contributed by atoms with E-state index in [1.54, 1.807) is 24.3 Å². The van der Waals surface area contributed by atoms with E-state index in [0.29, 0.717) is 29.2 Å². The SMILES string of the molecule is CCOc1cc(/C=C(/C#N)C(=O)NC2CCCC2)cc(I)c1OCc1cccc(F)c1. The molecule has 0 aliphatic heterocycles. The van der Waals surface area contributed by atoms with Crippen LogP contribution < -0.4 is 14.8 Å². The van der Waals surface area contributed by atoms with Gasteiger partial charge >= 0.3 is 0 Å². The minimum atomic E-state index is -0.353. The molecule has 0 spiro atoms. The first-order valence-electron chi connectivity index (χ1n) is 10.3. The number of nitrogens with one attached hydrogen (secondary N) is 1. The maximum Gasteiger partial charge on any atom is 0.262 e. The number of ether oxygens (including phenoxy) is 2. The summed E-state index contributed by atoms with van der Waals surface area (Å²) in [6, 6.07) is 11.9. The fourth-order valence-electron chi connectivity index (χ4n) is 3.51. The van der Waals surface area contributed by atoms with Crippen molar-refractivity contribution in [1.82, 2.24) is 5.32 Å². The highest BCUT2D eigenvalue weighted by molar-refractivity contribution is 14.1. The van der Waals surface area contributed by atoms with E-state index in [4.69, 9.17) is 9.47 Å². The Labute approximate surface area is 195 Å². The Morgan fingerprint density at radius 2 is 2.06 bits per heavy atom. The van der Waals surface area contributed by atoms with Crippen LogP contribution in [0.25, 0.3) is 6.08 Å². The van der Waals surface area contributed by atoms with Gasteiger partial charge in [-0.2, -0.15) is 5.26 Å². The molecule has 31 heavy (non-hydrogen) atoms. The van der Waals surface area contributed by atoms with E-state index < -0.39 is 0 Å². The molecule has 0 bridgehead atoms. The second-order valence-corrected chi connectivity index (χ2v) is 8.47. The smallest absolute Gasteiger partial charge is 0.262 e. The van der Waals surface area contributed by atoms with Gasteiger partial charge in [-0.05, 0) is 83.8 Å². The summed E-state index contributed by atoms with van der Waals surface area (Å²) in [6.07, 6.45) is 5.67. The zero-order valence-corrected chi connectivity index (χ0v) is 19.4. The van der Waals surface area contributed by atoms with Crippen LogP contribution in [0.4, 0.5) is 4.39 Å². The van der Waals surface area contributed by atoms with Crippen LogP contribution in [-0.4, -0.2) is 18.6 Å². The molecule has 0 aromatic heterocycles. The van der Waals surface area contributed by atoms with Crippen molar-refractivity contribution in [3.63, 3.8) is 0 Å². The van der Waals surface area contributed by atoms with Gasteiger partial charge in [-0.3, -0.25) is 4.79 Å². The third-order valence-corrected chi connectivity index (χ3v) is 5.77. The largest absolute Gasteiger partial charge is 0.490 e. The van der Waals surface area contributed by atoms with E-state index in [2.05, 4.69) is 27.9 Å². The Morgan fingerprint density at radius 3 is 2.74 bits per heavy atom. The molecule has 0 radical (unpaired) electrons. The second-order valence-electron chi connectivity index (χ2n) is 7.31. The number of hydrogen-bond donors (Lipinski definition) is 1. The fourth-order valence-corrected chi connectivity index (χ4v) is 4.29. The summed E-state index contributed by atoms with van der Waals surface area (Å²) in [7, 11) is 0. The normalized spacial score (nSPS) is 14.2. The molecule has 2 aromatic rings. The molecule has 3 rings (SSSR count). The Bertz CT molecular complexity index is 1010. The predicted octanol–water partition coefficient (Wildman–Crippen LogP) is 5.37. The zero-order valence-electron chi connectivity index (χ0n) is 17.3. The predicted molar refractivity (Wildman–Crippen MR) is 125 cm³/mol. The molecule has 1 saturated carbocycles. The third-order valence-electron chi connectivity index (χ3n) is 4.97. The molecule has 2 aromatic carbocycles. The van der Waals surface area contributed by atoms with E-state index in [0.717, 1.165) is 29.3 Å². The highest BCUT2D eigenvalue weighted by atomic mass is 127. The summed E-state index contributed by atoms with van der Waals surface area (Å²) in [5.74, 6) is 0.373. The maximum atomic E-state index is 13.4. The number of carbonyl (C=O) groups excluding carboxylic acids is 1. The van der Waals surface area contributed by atoms with Crippen molar-refractivity contribution in [3.05, 3.63) is 62.5 Å². The molecular weight excluding hydrogens is 510 g/mol. The van der Waals surface area contributed by atoms with Crippen LogP contribution in [0, 0.1) is 20.7 Å². The van der Waals surface area contributed by atoms with Gasteiger partial charge < -0.3 is 14.8 Å². The lowest BCUT2D eigenvalue weighted by atomic mass is 10.1. The Balaban J connectivity index is 1.81. The minimum absolute atomic E-state index is 0.0542. The number of amides is 1. The molecule has 0 unspecified atom stereocenters. The molecule has 1 fully saturated rings. The third kappa shape index (κ3) is 6.44. The highest BCUT2D eigenvalue weighted by Crippen LogP contribution is 2.35. The summed E-state index contributed by atoms with van der Waals surface area (Å²) in [5.41, 5.74) is 1.43. The van der Waals surface area contributed by atoms with Crippen LogP contribution in [0.15, 0.2) is 42.0 Å². The van der Waals surface area contributed by atoms with Crippen LogP contribution in [0.1, 0.15) is 43.7 Å². The minimum Gasteiger partial charge on any atom is -0.490 e. The van der Waals surface area contributed by atoms with Crippen LogP contribution in [0.5, 0.6) is 11.5 Å². The summed E-state index contributed by atoms with van der Waals surface area (Å²) in [6.45, 7) is 2.48. The van der Waals surface area contributed by atoms with Crippen molar-refractivity contribution in [2.24, 2.45) is 0 Å². The lowest BCUT2D eigenvalue weighted by molar-refractivity contribution is -0.117. The lowest BCUT2D eigenvalue weighted by Gasteiger charge is -2.15. The Kier molecular flexibility index (Phi) is 8.29. The van der Waals surface area contributed by atoms with Gasteiger partial charge in [0.25, 0.3) is 5.91 Å². The number of rotatable bonds is 8. The first-order chi connectivity index (χ1) is 15.0. The Hall–Kier alpha value is -2.60. The van der Waals surface area contributed by atoms with Gasteiger partial charge in [-0.1, -0.05) is 25.0 Å². The van der Waals surface area contributed by atoms with Crippen molar-refractivity contribution < 1.29 is 18.7 Å². The van der Waals surface area contributed by atoms with Crippen LogP contribution >= 0.6 is 22.6 Å². The monoisotopic (exact) mass is 534 g/mol. The van der Waals surface area contributed by atoms with Gasteiger partial charge in [0.15, 0.2) is 11.5 Å². The number of carbonyl (C=O) groups is 1. The zero-order chi connectivity index (χ0) is 22.2.